The molecule has 0 aliphatic rings. The Morgan fingerprint density at radius 2 is 1.83 bits per heavy atom. The molecule has 0 spiro atoms. The molecule has 0 saturated carbocycles. The van der Waals surface area contributed by atoms with E-state index < -0.39 is 6.55 Å². The van der Waals surface area contributed by atoms with Gasteiger partial charge in [-0.05, 0) is 17.7 Å². The third kappa shape index (κ3) is 2.27. The first-order valence-electron chi connectivity index (χ1n) is 5.20. The van der Waals surface area contributed by atoms with E-state index in [4.69, 9.17) is 9.47 Å². The van der Waals surface area contributed by atoms with Gasteiger partial charge in [-0.1, -0.05) is 6.07 Å². The molecule has 1 aromatic carbocycles. The van der Waals surface area contributed by atoms with Crippen LogP contribution in [0.5, 0.6) is 11.5 Å². The number of rotatable bonds is 4. The van der Waals surface area contributed by atoms with Gasteiger partial charge < -0.3 is 9.47 Å². The van der Waals surface area contributed by atoms with Crippen molar-refractivity contribution in [1.29, 1.82) is 0 Å². The van der Waals surface area contributed by atoms with Crippen molar-refractivity contribution in [2.24, 2.45) is 0 Å². The van der Waals surface area contributed by atoms with Crippen LogP contribution in [0.2, 0.25) is 0 Å². The molecule has 1 heterocycles. The van der Waals surface area contributed by atoms with Crippen LogP contribution in [0.4, 0.5) is 8.78 Å². The average Bonchev–Trinajstić information content (AvgIpc) is 2.87. The summed E-state index contributed by atoms with van der Waals surface area (Å²) in [7, 11) is 3.05. The molecule has 0 unspecified atom stereocenters. The molecule has 0 saturated heterocycles. The maximum absolute atomic E-state index is 12.4. The van der Waals surface area contributed by atoms with Crippen LogP contribution in [0, 0.1) is 0 Å². The number of hydrogen-bond donors (Lipinski definition) is 0. The SMILES string of the molecule is COc1ccc(-c2cnn(C(F)F)c2)cc1OC. The van der Waals surface area contributed by atoms with Crippen LogP contribution in [0.3, 0.4) is 0 Å². The standard InChI is InChI=1S/C12H12F2N2O2/c1-17-10-4-3-8(5-11(10)18-2)9-6-15-16(7-9)12(13)14/h3-7,12H,1-2H3. The van der Waals surface area contributed by atoms with Gasteiger partial charge in [-0.3, -0.25) is 0 Å². The molecule has 0 fully saturated rings. The first-order valence-corrected chi connectivity index (χ1v) is 5.20. The summed E-state index contributed by atoms with van der Waals surface area (Å²) in [5, 5.41) is 3.58. The molecule has 0 bridgehead atoms. The van der Waals surface area contributed by atoms with E-state index in [1.807, 2.05) is 0 Å². The number of aromatic nitrogens is 2. The highest BCUT2D eigenvalue weighted by Crippen LogP contribution is 2.32. The number of halogens is 2. The normalized spacial score (nSPS) is 10.7. The third-order valence-corrected chi connectivity index (χ3v) is 2.52. The minimum atomic E-state index is -2.64. The largest absolute Gasteiger partial charge is 0.493 e. The Labute approximate surface area is 103 Å². The molecule has 2 aromatic rings. The van der Waals surface area contributed by atoms with Crippen LogP contribution in [0.15, 0.2) is 30.6 Å². The van der Waals surface area contributed by atoms with Gasteiger partial charge in [-0.25, -0.2) is 4.68 Å². The zero-order valence-corrected chi connectivity index (χ0v) is 9.93. The highest BCUT2D eigenvalue weighted by Gasteiger charge is 2.11. The highest BCUT2D eigenvalue weighted by molar-refractivity contribution is 5.65. The topological polar surface area (TPSA) is 36.3 Å². The minimum Gasteiger partial charge on any atom is -0.493 e. The fourth-order valence-corrected chi connectivity index (χ4v) is 1.61. The predicted octanol–water partition coefficient (Wildman–Crippen LogP) is 2.96. The van der Waals surface area contributed by atoms with Crippen molar-refractivity contribution in [1.82, 2.24) is 9.78 Å². The van der Waals surface area contributed by atoms with Crippen LogP contribution >= 0.6 is 0 Å². The predicted molar refractivity (Wildman–Crippen MR) is 62.0 cm³/mol. The van der Waals surface area contributed by atoms with Crippen molar-refractivity contribution in [2.45, 2.75) is 6.55 Å². The van der Waals surface area contributed by atoms with Crippen LogP contribution in [0.25, 0.3) is 11.1 Å². The fourth-order valence-electron chi connectivity index (χ4n) is 1.61. The summed E-state index contributed by atoms with van der Waals surface area (Å²) in [5.41, 5.74) is 1.33. The van der Waals surface area contributed by atoms with E-state index in [2.05, 4.69) is 5.10 Å². The van der Waals surface area contributed by atoms with E-state index >= 15 is 0 Å². The molecular formula is C12H12F2N2O2. The quantitative estimate of drug-likeness (QED) is 0.841. The Bertz CT molecular complexity index is 541. The van der Waals surface area contributed by atoms with E-state index in [-0.39, 0.29) is 0 Å². The number of ether oxygens (including phenoxy) is 2. The molecule has 0 radical (unpaired) electrons. The van der Waals surface area contributed by atoms with Gasteiger partial charge in [0, 0.05) is 11.8 Å². The zero-order valence-electron chi connectivity index (χ0n) is 9.93. The number of methoxy groups -OCH3 is 2. The zero-order chi connectivity index (χ0) is 13.1. The Balaban J connectivity index is 2.38. The van der Waals surface area contributed by atoms with Crippen LogP contribution in [-0.2, 0) is 0 Å². The summed E-state index contributed by atoms with van der Waals surface area (Å²) in [6, 6.07) is 5.19. The molecule has 0 aliphatic heterocycles. The van der Waals surface area contributed by atoms with Crippen LogP contribution in [0.1, 0.15) is 6.55 Å². The number of nitrogens with zero attached hydrogens (tertiary/aromatic N) is 2. The molecular weight excluding hydrogens is 242 g/mol. The lowest BCUT2D eigenvalue weighted by Gasteiger charge is -2.08. The second-order valence-corrected chi connectivity index (χ2v) is 3.56. The monoisotopic (exact) mass is 254 g/mol. The van der Waals surface area contributed by atoms with Gasteiger partial charge in [0.05, 0.1) is 20.4 Å². The first kappa shape index (κ1) is 12.3. The fraction of sp³-hybridized carbons (Fsp3) is 0.250. The van der Waals surface area contributed by atoms with Crippen molar-refractivity contribution in [3.8, 4) is 22.6 Å². The van der Waals surface area contributed by atoms with Crippen molar-refractivity contribution in [3.05, 3.63) is 30.6 Å². The number of benzene rings is 1. The molecule has 0 N–H and O–H groups in total. The lowest BCUT2D eigenvalue weighted by Crippen LogP contribution is -1.96. The van der Waals surface area contributed by atoms with Crippen molar-refractivity contribution < 1.29 is 18.3 Å². The second-order valence-electron chi connectivity index (χ2n) is 3.56. The maximum atomic E-state index is 12.4. The number of hydrogen-bond acceptors (Lipinski definition) is 3. The van der Waals surface area contributed by atoms with Crippen LogP contribution < -0.4 is 9.47 Å². The Morgan fingerprint density at radius 3 is 2.39 bits per heavy atom. The molecule has 96 valence electrons. The molecule has 18 heavy (non-hydrogen) atoms. The number of alkyl halides is 2. The lowest BCUT2D eigenvalue weighted by molar-refractivity contribution is 0.0566. The second kappa shape index (κ2) is 5.03. The molecule has 6 heteroatoms. The summed E-state index contributed by atoms with van der Waals surface area (Å²) < 4.78 is 35.7. The van der Waals surface area contributed by atoms with Gasteiger partial charge in [-0.2, -0.15) is 13.9 Å². The molecule has 4 nitrogen and oxygen atoms in total. The lowest BCUT2D eigenvalue weighted by atomic mass is 10.1. The molecule has 0 aliphatic carbocycles. The highest BCUT2D eigenvalue weighted by atomic mass is 19.3. The summed E-state index contributed by atoms with van der Waals surface area (Å²) in [5.74, 6) is 1.13. The maximum Gasteiger partial charge on any atom is 0.333 e. The van der Waals surface area contributed by atoms with E-state index in [0.717, 1.165) is 5.56 Å². The molecule has 2 rings (SSSR count). The molecule has 0 atom stereocenters. The third-order valence-electron chi connectivity index (χ3n) is 2.52. The van der Waals surface area contributed by atoms with Gasteiger partial charge in [0.1, 0.15) is 0 Å². The van der Waals surface area contributed by atoms with E-state index in [9.17, 15) is 8.78 Å². The Hall–Kier alpha value is -2.11. The molecule has 1 aromatic heterocycles. The Morgan fingerprint density at radius 1 is 1.11 bits per heavy atom. The van der Waals surface area contributed by atoms with E-state index in [1.165, 1.54) is 26.6 Å². The molecule has 0 amide bonds. The van der Waals surface area contributed by atoms with Gasteiger partial charge in [-0.15, -0.1) is 0 Å². The van der Waals surface area contributed by atoms with Crippen LogP contribution in [-0.4, -0.2) is 24.0 Å². The minimum absolute atomic E-state index is 0.541. The van der Waals surface area contributed by atoms with Gasteiger partial charge in [0.2, 0.25) is 0 Å². The smallest absolute Gasteiger partial charge is 0.333 e. The van der Waals surface area contributed by atoms with E-state index in [1.54, 1.807) is 18.2 Å². The van der Waals surface area contributed by atoms with E-state index in [0.29, 0.717) is 21.7 Å². The summed E-state index contributed by atoms with van der Waals surface area (Å²) in [6.07, 6.45) is 2.67. The summed E-state index contributed by atoms with van der Waals surface area (Å²) >= 11 is 0. The van der Waals surface area contributed by atoms with Crippen molar-refractivity contribution >= 4 is 0 Å². The van der Waals surface area contributed by atoms with Crippen molar-refractivity contribution in [3.63, 3.8) is 0 Å². The summed E-state index contributed by atoms with van der Waals surface area (Å²) in [6.45, 7) is -2.64. The van der Waals surface area contributed by atoms with Gasteiger partial charge >= 0.3 is 6.55 Å². The average molecular weight is 254 g/mol. The summed E-state index contributed by atoms with van der Waals surface area (Å²) in [4.78, 5) is 0. The Kier molecular flexibility index (Phi) is 3.45. The van der Waals surface area contributed by atoms with Crippen molar-refractivity contribution in [2.75, 3.05) is 14.2 Å². The van der Waals surface area contributed by atoms with Gasteiger partial charge in [0.25, 0.3) is 0 Å². The first-order chi connectivity index (χ1) is 8.65. The van der Waals surface area contributed by atoms with Gasteiger partial charge in [0.15, 0.2) is 11.5 Å².